The van der Waals surface area contributed by atoms with E-state index in [1.165, 1.54) is 11.1 Å². The molecule has 0 saturated heterocycles. The minimum atomic E-state index is 0.630. The third-order valence-electron chi connectivity index (χ3n) is 3.26. The number of rotatable bonds is 2. The van der Waals surface area contributed by atoms with Crippen molar-refractivity contribution < 1.29 is 0 Å². The van der Waals surface area contributed by atoms with Crippen molar-refractivity contribution in [1.82, 2.24) is 20.6 Å². The van der Waals surface area contributed by atoms with Crippen molar-refractivity contribution in [1.29, 1.82) is 0 Å². The Morgan fingerprint density at radius 1 is 0.522 bits per heavy atom. The molecule has 3 aromatic carbocycles. The van der Waals surface area contributed by atoms with E-state index in [0.717, 1.165) is 5.56 Å². The molecule has 4 nitrogen and oxygen atoms in total. The van der Waals surface area contributed by atoms with Crippen LogP contribution in [-0.2, 0) is 0 Å². The Hall–Kier alpha value is -3.27. The summed E-state index contributed by atoms with van der Waals surface area (Å²) in [6.45, 7) is 0. The average molecular weight is 300 g/mol. The fraction of sp³-hybridized carbons (Fsp3) is 0. The highest BCUT2D eigenvalue weighted by molar-refractivity contribution is 5.62. The Kier molecular flexibility index (Phi) is 4.88. The van der Waals surface area contributed by atoms with Crippen molar-refractivity contribution in [2.75, 3.05) is 0 Å². The first-order valence-corrected chi connectivity index (χ1v) is 7.33. The van der Waals surface area contributed by atoms with Crippen LogP contribution in [0.4, 0.5) is 0 Å². The molecular weight excluding hydrogens is 284 g/mol. The fourth-order valence-electron chi connectivity index (χ4n) is 2.13. The fourth-order valence-corrected chi connectivity index (χ4v) is 2.13. The van der Waals surface area contributed by atoms with Crippen LogP contribution in [0.1, 0.15) is 0 Å². The molecule has 4 aromatic rings. The number of hydrogen-bond donors (Lipinski definition) is 1. The van der Waals surface area contributed by atoms with Gasteiger partial charge < -0.3 is 0 Å². The highest BCUT2D eigenvalue weighted by Crippen LogP contribution is 2.17. The first-order chi connectivity index (χ1) is 11.4. The molecule has 0 spiro atoms. The first-order valence-electron chi connectivity index (χ1n) is 7.33. The number of hydrogen-bond acceptors (Lipinski definition) is 3. The highest BCUT2D eigenvalue weighted by atomic mass is 15.5. The van der Waals surface area contributed by atoms with Crippen LogP contribution in [0.25, 0.3) is 22.5 Å². The summed E-state index contributed by atoms with van der Waals surface area (Å²) >= 11 is 0. The van der Waals surface area contributed by atoms with E-state index in [1.807, 2.05) is 42.5 Å². The number of tetrazole rings is 1. The smallest absolute Gasteiger partial charge is 0.177 e. The second-order valence-corrected chi connectivity index (χ2v) is 4.83. The second kappa shape index (κ2) is 7.66. The van der Waals surface area contributed by atoms with Gasteiger partial charge in [-0.3, -0.25) is 0 Å². The van der Waals surface area contributed by atoms with E-state index >= 15 is 0 Å². The second-order valence-electron chi connectivity index (χ2n) is 4.83. The number of aromatic amines is 1. The molecule has 0 radical (unpaired) electrons. The number of benzene rings is 3. The topological polar surface area (TPSA) is 54.5 Å². The van der Waals surface area contributed by atoms with Gasteiger partial charge in [-0.15, -0.1) is 10.2 Å². The Bertz CT molecular complexity index is 760. The predicted octanol–water partition coefficient (Wildman–Crippen LogP) is 4.22. The summed E-state index contributed by atoms with van der Waals surface area (Å²) in [5.74, 6) is 0.630. The molecule has 0 aliphatic heterocycles. The summed E-state index contributed by atoms with van der Waals surface area (Å²) in [7, 11) is 0. The van der Waals surface area contributed by atoms with Crippen molar-refractivity contribution >= 4 is 0 Å². The first kappa shape index (κ1) is 14.7. The minimum absolute atomic E-state index is 0.630. The molecule has 112 valence electrons. The summed E-state index contributed by atoms with van der Waals surface area (Å²) in [5.41, 5.74) is 3.53. The maximum Gasteiger partial charge on any atom is 0.204 e. The van der Waals surface area contributed by atoms with Crippen molar-refractivity contribution in [3.05, 3.63) is 91.0 Å². The van der Waals surface area contributed by atoms with Gasteiger partial charge in [0.15, 0.2) is 0 Å². The maximum absolute atomic E-state index is 3.84. The van der Waals surface area contributed by atoms with E-state index in [0.29, 0.717) is 5.82 Å². The number of H-pyrrole nitrogens is 1. The summed E-state index contributed by atoms with van der Waals surface area (Å²) < 4.78 is 0. The third-order valence-corrected chi connectivity index (χ3v) is 3.26. The molecule has 4 rings (SSSR count). The van der Waals surface area contributed by atoms with Gasteiger partial charge in [0.05, 0.1) is 0 Å². The van der Waals surface area contributed by atoms with Crippen LogP contribution < -0.4 is 0 Å². The maximum atomic E-state index is 3.84. The van der Waals surface area contributed by atoms with Gasteiger partial charge in [0.1, 0.15) is 0 Å². The molecule has 0 fully saturated rings. The molecule has 1 aromatic heterocycles. The normalized spacial score (nSPS) is 9.74. The molecule has 0 atom stereocenters. The van der Waals surface area contributed by atoms with Crippen molar-refractivity contribution in [3.8, 4) is 22.5 Å². The Balaban J connectivity index is 0.000000136. The molecule has 1 heterocycles. The lowest BCUT2D eigenvalue weighted by Crippen LogP contribution is -1.78. The number of aromatic nitrogens is 4. The van der Waals surface area contributed by atoms with Gasteiger partial charge in [-0.1, -0.05) is 91.0 Å². The molecule has 23 heavy (non-hydrogen) atoms. The van der Waals surface area contributed by atoms with Gasteiger partial charge in [-0.25, -0.2) is 0 Å². The largest absolute Gasteiger partial charge is 0.204 e. The standard InChI is InChI=1S/C12H10.C7H6N4/c1-3-7-11(8-4-1)12-9-5-2-6-10-12;1-2-4-6(5-3-1)7-8-10-11-9-7/h1-10H;1-5H,(H,8,9,10,11). The zero-order valence-electron chi connectivity index (χ0n) is 12.5. The van der Waals surface area contributed by atoms with Gasteiger partial charge in [-0.05, 0) is 16.3 Å². The summed E-state index contributed by atoms with van der Waals surface area (Å²) in [5, 5.41) is 13.5. The molecule has 0 bridgehead atoms. The van der Waals surface area contributed by atoms with E-state index in [2.05, 4.69) is 69.2 Å². The molecule has 0 aliphatic carbocycles. The molecule has 1 N–H and O–H groups in total. The lowest BCUT2D eigenvalue weighted by atomic mass is 10.1. The molecule has 0 aliphatic rings. The van der Waals surface area contributed by atoms with E-state index in [-0.39, 0.29) is 0 Å². The van der Waals surface area contributed by atoms with Crippen molar-refractivity contribution in [3.63, 3.8) is 0 Å². The van der Waals surface area contributed by atoms with Gasteiger partial charge >= 0.3 is 0 Å². The molecule has 0 amide bonds. The average Bonchev–Trinajstić information content (AvgIpc) is 3.19. The zero-order chi connectivity index (χ0) is 15.7. The van der Waals surface area contributed by atoms with Crippen LogP contribution >= 0.6 is 0 Å². The van der Waals surface area contributed by atoms with Crippen LogP contribution in [0.3, 0.4) is 0 Å². The van der Waals surface area contributed by atoms with Gasteiger partial charge in [0.2, 0.25) is 5.82 Å². The van der Waals surface area contributed by atoms with Crippen LogP contribution in [0.15, 0.2) is 91.0 Å². The van der Waals surface area contributed by atoms with Gasteiger partial charge in [0.25, 0.3) is 0 Å². The van der Waals surface area contributed by atoms with E-state index in [4.69, 9.17) is 0 Å². The highest BCUT2D eigenvalue weighted by Gasteiger charge is 1.98. The number of nitrogens with zero attached hydrogens (tertiary/aromatic N) is 3. The molecule has 0 unspecified atom stereocenters. The lowest BCUT2D eigenvalue weighted by molar-refractivity contribution is 0.881. The predicted molar refractivity (Wildman–Crippen MR) is 91.5 cm³/mol. The zero-order valence-corrected chi connectivity index (χ0v) is 12.5. The van der Waals surface area contributed by atoms with E-state index < -0.39 is 0 Å². The minimum Gasteiger partial charge on any atom is -0.177 e. The molecule has 0 saturated carbocycles. The summed E-state index contributed by atoms with van der Waals surface area (Å²) in [4.78, 5) is 0. The number of nitrogens with one attached hydrogen (secondary N) is 1. The molecular formula is C19H16N4. The molecule has 4 heteroatoms. The van der Waals surface area contributed by atoms with Crippen LogP contribution in [0.5, 0.6) is 0 Å². The lowest BCUT2D eigenvalue weighted by Gasteiger charge is -1.98. The summed E-state index contributed by atoms with van der Waals surface area (Å²) in [6, 6.07) is 30.5. The van der Waals surface area contributed by atoms with E-state index in [9.17, 15) is 0 Å². The van der Waals surface area contributed by atoms with Crippen molar-refractivity contribution in [2.24, 2.45) is 0 Å². The Morgan fingerprint density at radius 3 is 1.35 bits per heavy atom. The Labute approximate surface area is 134 Å². The summed E-state index contributed by atoms with van der Waals surface area (Å²) in [6.07, 6.45) is 0. The quantitative estimate of drug-likeness (QED) is 0.603. The third kappa shape index (κ3) is 4.11. The van der Waals surface area contributed by atoms with Crippen molar-refractivity contribution in [2.45, 2.75) is 0 Å². The van der Waals surface area contributed by atoms with Crippen LogP contribution in [-0.4, -0.2) is 20.6 Å². The van der Waals surface area contributed by atoms with Gasteiger partial charge in [-0.2, -0.15) is 5.21 Å². The SMILES string of the molecule is c1ccc(-c2ccccc2)cc1.c1ccc(-c2nn[nH]n2)cc1. The Morgan fingerprint density at radius 2 is 0.957 bits per heavy atom. The van der Waals surface area contributed by atoms with Crippen LogP contribution in [0.2, 0.25) is 0 Å². The van der Waals surface area contributed by atoms with Crippen LogP contribution in [0, 0.1) is 0 Å². The monoisotopic (exact) mass is 300 g/mol. The van der Waals surface area contributed by atoms with Gasteiger partial charge in [0, 0.05) is 5.56 Å². The van der Waals surface area contributed by atoms with E-state index in [1.54, 1.807) is 0 Å².